The summed E-state index contributed by atoms with van der Waals surface area (Å²) in [5, 5.41) is 12.6. The fourth-order valence-electron chi connectivity index (χ4n) is 4.99. The first kappa shape index (κ1) is 24.7. The van der Waals surface area contributed by atoms with Gasteiger partial charge in [0.25, 0.3) is 10.0 Å². The van der Waals surface area contributed by atoms with Crippen LogP contribution < -0.4 is 4.31 Å². The fourth-order valence-corrected chi connectivity index (χ4v) is 9.72. The molecule has 1 aliphatic rings. The van der Waals surface area contributed by atoms with Gasteiger partial charge < -0.3 is 5.11 Å². The number of hydrogen-bond acceptors (Lipinski definition) is 3. The number of aryl methyl sites for hydroxylation is 1. The first-order valence-electron chi connectivity index (χ1n) is 11.4. The van der Waals surface area contributed by atoms with E-state index in [-0.39, 0.29) is 11.4 Å². The van der Waals surface area contributed by atoms with Crippen LogP contribution in [0.3, 0.4) is 0 Å². The molecule has 2 aromatic rings. The van der Waals surface area contributed by atoms with Crippen LogP contribution in [0.5, 0.6) is 0 Å². The monoisotopic (exact) mass is 471 g/mol. The van der Waals surface area contributed by atoms with Crippen molar-refractivity contribution in [2.45, 2.75) is 75.6 Å². The molecule has 174 valence electrons. The molecule has 0 aromatic heterocycles. The Balaban J connectivity index is 2.22. The van der Waals surface area contributed by atoms with Crippen molar-refractivity contribution in [2.24, 2.45) is 0 Å². The van der Waals surface area contributed by atoms with Crippen molar-refractivity contribution in [2.75, 3.05) is 10.8 Å². The molecule has 3 rings (SSSR count). The number of rotatable bonds is 8. The van der Waals surface area contributed by atoms with Gasteiger partial charge in [0.1, 0.15) is 0 Å². The molecule has 1 N–H and O–H groups in total. The number of aliphatic hydroxyl groups is 1. The van der Waals surface area contributed by atoms with Crippen LogP contribution in [0.4, 0.5) is 5.69 Å². The van der Waals surface area contributed by atoms with Crippen LogP contribution in [-0.2, 0) is 15.4 Å². The van der Waals surface area contributed by atoms with Gasteiger partial charge in [-0.3, -0.25) is 4.31 Å². The first-order chi connectivity index (χ1) is 14.8. The molecule has 32 heavy (non-hydrogen) atoms. The molecular formula is C26H37NO3SSi. The van der Waals surface area contributed by atoms with Crippen LogP contribution in [0.2, 0.25) is 19.1 Å². The van der Waals surface area contributed by atoms with Crippen LogP contribution in [0, 0.1) is 6.92 Å². The van der Waals surface area contributed by atoms with Gasteiger partial charge in [-0.25, -0.2) is 8.42 Å². The van der Waals surface area contributed by atoms with Gasteiger partial charge in [-0.15, -0.1) is 6.58 Å². The number of benzene rings is 2. The average Bonchev–Trinajstić information content (AvgIpc) is 3.09. The zero-order chi connectivity index (χ0) is 23.9. The van der Waals surface area contributed by atoms with Crippen LogP contribution >= 0.6 is 0 Å². The molecule has 0 fully saturated rings. The second-order valence-corrected chi connectivity index (χ2v) is 17.0. The Bertz CT molecular complexity index is 1100. The minimum atomic E-state index is -3.80. The number of fused-ring (bicyclic) bond motifs is 1. The molecule has 0 saturated heterocycles. The third-order valence-corrected chi connectivity index (χ3v) is 12.6. The van der Waals surface area contributed by atoms with Crippen molar-refractivity contribution in [1.29, 1.82) is 0 Å². The second kappa shape index (κ2) is 8.47. The second-order valence-electron chi connectivity index (χ2n) is 10.3. The lowest BCUT2D eigenvalue weighted by Crippen LogP contribution is -2.57. The van der Waals surface area contributed by atoms with Crippen molar-refractivity contribution in [3.05, 3.63) is 71.4 Å². The summed E-state index contributed by atoms with van der Waals surface area (Å²) in [6.07, 6.45) is 2.21. The molecular weight excluding hydrogens is 434 g/mol. The molecule has 1 atom stereocenters. The molecule has 1 heterocycles. The number of sulfonamides is 1. The molecule has 1 aliphatic heterocycles. The minimum Gasteiger partial charge on any atom is -0.389 e. The number of anilines is 1. The Morgan fingerprint density at radius 3 is 2.31 bits per heavy atom. The number of nitrogens with zero attached hydrogens (tertiary/aromatic N) is 1. The van der Waals surface area contributed by atoms with Crippen molar-refractivity contribution < 1.29 is 13.5 Å². The van der Waals surface area contributed by atoms with Crippen LogP contribution in [-0.4, -0.2) is 33.7 Å². The van der Waals surface area contributed by atoms with Crippen molar-refractivity contribution in [3.63, 3.8) is 0 Å². The van der Waals surface area contributed by atoms with Gasteiger partial charge in [0.2, 0.25) is 0 Å². The van der Waals surface area contributed by atoms with E-state index in [2.05, 4.69) is 26.6 Å². The van der Waals surface area contributed by atoms with Gasteiger partial charge >= 0.3 is 0 Å². The average molecular weight is 472 g/mol. The maximum Gasteiger partial charge on any atom is 0.264 e. The molecule has 4 nitrogen and oxygen atoms in total. The summed E-state index contributed by atoms with van der Waals surface area (Å²) < 4.78 is 29.1. The van der Waals surface area contributed by atoms with Gasteiger partial charge in [0.15, 0.2) is 0 Å². The number of unbranched alkanes of at least 4 members (excludes halogenated alkanes) is 1. The fraction of sp³-hybridized carbons (Fsp3) is 0.462. The third kappa shape index (κ3) is 3.97. The molecule has 6 heteroatoms. The van der Waals surface area contributed by atoms with Crippen molar-refractivity contribution >= 4 is 23.8 Å². The lowest BCUT2D eigenvalue weighted by atomic mass is 9.70. The van der Waals surface area contributed by atoms with E-state index in [0.717, 1.165) is 35.2 Å². The molecule has 0 aliphatic carbocycles. The highest BCUT2D eigenvalue weighted by atomic mass is 32.2. The minimum absolute atomic E-state index is 0.160. The Labute approximate surface area is 195 Å². The molecule has 0 bridgehead atoms. The molecule has 0 saturated carbocycles. The van der Waals surface area contributed by atoms with Gasteiger partial charge in [0, 0.05) is 0 Å². The summed E-state index contributed by atoms with van der Waals surface area (Å²) in [5.74, 6) is 0. The largest absolute Gasteiger partial charge is 0.389 e. The highest BCUT2D eigenvalue weighted by molar-refractivity contribution is 7.92. The summed E-state index contributed by atoms with van der Waals surface area (Å²) in [7, 11) is -5.79. The zero-order valence-electron chi connectivity index (χ0n) is 20.3. The SMILES string of the molecule is C=C(C1(C(C)(C)O)CN(S(=O)(=O)c2ccc(C)cc2)c2ccccc21)[Si](C)(C)CCCC. The summed E-state index contributed by atoms with van der Waals surface area (Å²) in [6.45, 7) is 17.0. The van der Waals surface area contributed by atoms with E-state index in [9.17, 15) is 13.5 Å². The van der Waals surface area contributed by atoms with E-state index in [1.807, 2.05) is 43.3 Å². The Kier molecular flexibility index (Phi) is 6.55. The van der Waals surface area contributed by atoms with Gasteiger partial charge in [-0.2, -0.15) is 0 Å². The smallest absolute Gasteiger partial charge is 0.264 e. The maximum absolute atomic E-state index is 13.8. The molecule has 0 amide bonds. The predicted octanol–water partition coefficient (Wildman–Crippen LogP) is 5.82. The first-order valence-corrected chi connectivity index (χ1v) is 16.0. The van der Waals surface area contributed by atoms with Crippen molar-refractivity contribution in [3.8, 4) is 0 Å². The third-order valence-electron chi connectivity index (χ3n) is 7.15. The lowest BCUT2D eigenvalue weighted by Gasteiger charge is -2.47. The van der Waals surface area contributed by atoms with Gasteiger partial charge in [-0.1, -0.05) is 80.0 Å². The van der Waals surface area contributed by atoms with Crippen LogP contribution in [0.1, 0.15) is 44.7 Å². The lowest BCUT2D eigenvalue weighted by molar-refractivity contribution is 0.0202. The van der Waals surface area contributed by atoms with Crippen LogP contribution in [0.15, 0.2) is 65.2 Å². The zero-order valence-corrected chi connectivity index (χ0v) is 22.1. The van der Waals surface area contributed by atoms with E-state index < -0.39 is 29.1 Å². The van der Waals surface area contributed by atoms with Crippen LogP contribution in [0.25, 0.3) is 0 Å². The van der Waals surface area contributed by atoms with Gasteiger partial charge in [0.05, 0.1) is 36.2 Å². The van der Waals surface area contributed by atoms with E-state index in [0.29, 0.717) is 5.69 Å². The van der Waals surface area contributed by atoms with E-state index in [1.54, 1.807) is 26.0 Å². The summed E-state index contributed by atoms with van der Waals surface area (Å²) in [5.41, 5.74) is 0.439. The summed E-state index contributed by atoms with van der Waals surface area (Å²) >= 11 is 0. The number of hydrogen-bond donors (Lipinski definition) is 1. The Morgan fingerprint density at radius 1 is 1.16 bits per heavy atom. The summed E-state index contributed by atoms with van der Waals surface area (Å²) in [6, 6.07) is 15.6. The highest BCUT2D eigenvalue weighted by Gasteiger charge is 2.58. The standard InChI is InChI=1S/C26H37NO3SSi/c1-8-9-18-32(6,7)21(3)26(25(4,5)28)19-27(24-13-11-10-12-23(24)26)31(29,30)22-16-14-20(2)15-17-22/h10-17,28H,3,8-9,18-19H2,1-2,4-7H3. The Hall–Kier alpha value is -1.89. The van der Waals surface area contributed by atoms with Gasteiger partial charge in [-0.05, 0) is 44.5 Å². The Morgan fingerprint density at radius 2 is 1.75 bits per heavy atom. The molecule has 1 unspecified atom stereocenters. The summed E-state index contributed by atoms with van der Waals surface area (Å²) in [4.78, 5) is 0.262. The topological polar surface area (TPSA) is 57.6 Å². The predicted molar refractivity (Wildman–Crippen MR) is 136 cm³/mol. The van der Waals surface area contributed by atoms with E-state index in [1.165, 1.54) is 4.31 Å². The maximum atomic E-state index is 13.8. The number of para-hydroxylation sites is 1. The highest BCUT2D eigenvalue weighted by Crippen LogP contribution is 2.54. The molecule has 0 spiro atoms. The van der Waals surface area contributed by atoms with Crippen molar-refractivity contribution in [1.82, 2.24) is 0 Å². The molecule has 2 aromatic carbocycles. The van der Waals surface area contributed by atoms with E-state index >= 15 is 0 Å². The normalized spacial score (nSPS) is 19.2. The quantitative estimate of drug-likeness (QED) is 0.494. The van der Waals surface area contributed by atoms with E-state index in [4.69, 9.17) is 0 Å². The molecule has 0 radical (unpaired) electrons.